The summed E-state index contributed by atoms with van der Waals surface area (Å²) in [6.07, 6.45) is 0. The fraction of sp³-hybridized carbons (Fsp3) is 0.250. The number of halogens is 2. The van der Waals surface area contributed by atoms with Gasteiger partial charge in [0.05, 0.1) is 0 Å². The molecule has 100 valence electrons. The van der Waals surface area contributed by atoms with Crippen molar-refractivity contribution in [2.24, 2.45) is 0 Å². The summed E-state index contributed by atoms with van der Waals surface area (Å²) in [5, 5.41) is 0. The molecule has 0 N–H and O–H groups in total. The van der Waals surface area contributed by atoms with Crippen LogP contribution in [0.4, 0.5) is 0 Å². The third-order valence-corrected chi connectivity index (χ3v) is 2.35. The van der Waals surface area contributed by atoms with E-state index < -0.39 is 0 Å². The Balaban J connectivity index is 0. The third kappa shape index (κ3) is 8.16. The molecule has 0 aliphatic rings. The van der Waals surface area contributed by atoms with Gasteiger partial charge in [-0.05, 0) is 27.7 Å². The highest BCUT2D eigenvalue weighted by Gasteiger charge is 1.81. The molecule has 2 rings (SSSR count). The molecule has 0 heterocycles. The first-order valence-electron chi connectivity index (χ1n) is 5.64. The highest BCUT2D eigenvalue weighted by atomic mass is 35.5. The fourth-order valence-electron chi connectivity index (χ4n) is 1.61. The van der Waals surface area contributed by atoms with Crippen LogP contribution in [0, 0.1) is 27.7 Å². The van der Waals surface area contributed by atoms with Gasteiger partial charge in [-0.25, -0.2) is 0 Å². The van der Waals surface area contributed by atoms with Gasteiger partial charge >= 0.3 is 0 Å². The van der Waals surface area contributed by atoms with Crippen molar-refractivity contribution in [2.75, 3.05) is 0 Å². The molecular weight excluding hydrogens is 263 g/mol. The van der Waals surface area contributed by atoms with Gasteiger partial charge in [-0.3, -0.25) is 0 Å². The van der Waals surface area contributed by atoms with Crippen molar-refractivity contribution in [1.29, 1.82) is 0 Å². The zero-order valence-corrected chi connectivity index (χ0v) is 13.1. The van der Waals surface area contributed by atoms with E-state index in [0.29, 0.717) is 0 Å². The molecule has 2 aromatic rings. The molecular formula is C16H22Cl2. The maximum absolute atomic E-state index is 2.17. The smallest absolute Gasteiger partial charge is 0.0398 e. The van der Waals surface area contributed by atoms with Crippen LogP contribution in [0.3, 0.4) is 0 Å². The summed E-state index contributed by atoms with van der Waals surface area (Å²) in [6, 6.07) is 16.9. The molecule has 0 fully saturated rings. The van der Waals surface area contributed by atoms with Crippen LogP contribution in [0.25, 0.3) is 0 Å². The summed E-state index contributed by atoms with van der Waals surface area (Å²) < 4.78 is 0. The normalized spacial score (nSPS) is 8.22. The molecule has 0 aromatic heterocycles. The molecule has 0 nitrogen and oxygen atoms in total. The van der Waals surface area contributed by atoms with E-state index in [0.717, 1.165) is 0 Å². The molecule has 0 saturated heterocycles. The Morgan fingerprint density at radius 1 is 0.500 bits per heavy atom. The zero-order valence-electron chi connectivity index (χ0n) is 11.4. The first-order chi connectivity index (χ1) is 7.58. The van der Waals surface area contributed by atoms with Crippen molar-refractivity contribution in [3.05, 3.63) is 70.8 Å². The molecule has 0 radical (unpaired) electrons. The molecule has 0 atom stereocenters. The maximum Gasteiger partial charge on any atom is -0.0398 e. The van der Waals surface area contributed by atoms with E-state index >= 15 is 0 Å². The van der Waals surface area contributed by atoms with E-state index in [1.165, 1.54) is 22.3 Å². The lowest BCUT2D eigenvalue weighted by Gasteiger charge is -1.90. The number of hydrogen-bond acceptors (Lipinski definition) is 0. The van der Waals surface area contributed by atoms with Crippen molar-refractivity contribution >= 4 is 24.8 Å². The SMILES string of the molecule is Cc1cccc(C)c1.Cc1cccc(C)c1.Cl.Cl. The fourth-order valence-corrected chi connectivity index (χ4v) is 1.61. The van der Waals surface area contributed by atoms with Crippen molar-refractivity contribution in [2.45, 2.75) is 27.7 Å². The molecule has 0 spiro atoms. The van der Waals surface area contributed by atoms with E-state index in [4.69, 9.17) is 0 Å². The molecule has 0 saturated carbocycles. The lowest BCUT2D eigenvalue weighted by atomic mass is 10.2. The Kier molecular flexibility index (Phi) is 10.7. The summed E-state index contributed by atoms with van der Waals surface area (Å²) in [7, 11) is 0. The van der Waals surface area contributed by atoms with Crippen LogP contribution < -0.4 is 0 Å². The summed E-state index contributed by atoms with van der Waals surface area (Å²) in [5.41, 5.74) is 5.35. The number of benzene rings is 2. The van der Waals surface area contributed by atoms with E-state index in [-0.39, 0.29) is 24.8 Å². The van der Waals surface area contributed by atoms with E-state index in [1.807, 2.05) is 0 Å². The summed E-state index contributed by atoms with van der Waals surface area (Å²) >= 11 is 0. The zero-order chi connectivity index (χ0) is 12.0. The van der Waals surface area contributed by atoms with Crippen LogP contribution >= 0.6 is 24.8 Å². The minimum Gasteiger partial charge on any atom is -0.147 e. The van der Waals surface area contributed by atoms with Crippen LogP contribution in [0.5, 0.6) is 0 Å². The Labute approximate surface area is 123 Å². The molecule has 2 aromatic carbocycles. The monoisotopic (exact) mass is 284 g/mol. The first-order valence-corrected chi connectivity index (χ1v) is 5.64. The minimum atomic E-state index is 0. The maximum atomic E-state index is 2.17. The predicted molar refractivity (Wildman–Crippen MR) is 86.3 cm³/mol. The van der Waals surface area contributed by atoms with Gasteiger partial charge in [0.25, 0.3) is 0 Å². The van der Waals surface area contributed by atoms with Crippen molar-refractivity contribution < 1.29 is 0 Å². The van der Waals surface area contributed by atoms with Gasteiger partial charge in [0.2, 0.25) is 0 Å². The van der Waals surface area contributed by atoms with Gasteiger partial charge in [0.15, 0.2) is 0 Å². The quantitative estimate of drug-likeness (QED) is 0.603. The number of rotatable bonds is 0. The lowest BCUT2D eigenvalue weighted by molar-refractivity contribution is 1.39. The van der Waals surface area contributed by atoms with Crippen molar-refractivity contribution in [1.82, 2.24) is 0 Å². The standard InChI is InChI=1S/2C8H10.2ClH/c2*1-7-4-3-5-8(2)6-7;;/h2*3-6H,1-2H3;2*1H. The number of hydrogen-bond donors (Lipinski definition) is 0. The van der Waals surface area contributed by atoms with Gasteiger partial charge in [-0.15, -0.1) is 24.8 Å². The third-order valence-electron chi connectivity index (χ3n) is 2.35. The van der Waals surface area contributed by atoms with Crippen LogP contribution in [0.1, 0.15) is 22.3 Å². The van der Waals surface area contributed by atoms with Crippen LogP contribution in [0.15, 0.2) is 48.5 Å². The number of aryl methyl sites for hydroxylation is 4. The summed E-state index contributed by atoms with van der Waals surface area (Å²) in [6.45, 7) is 8.42. The molecule has 0 unspecified atom stereocenters. The van der Waals surface area contributed by atoms with Crippen LogP contribution in [0.2, 0.25) is 0 Å². The Hall–Kier alpha value is -0.980. The molecule has 2 heteroatoms. The van der Waals surface area contributed by atoms with E-state index in [2.05, 4.69) is 76.2 Å². The minimum absolute atomic E-state index is 0. The van der Waals surface area contributed by atoms with Crippen molar-refractivity contribution in [3.63, 3.8) is 0 Å². The predicted octanol–water partition coefficient (Wildman–Crippen LogP) is 5.45. The van der Waals surface area contributed by atoms with Gasteiger partial charge < -0.3 is 0 Å². The van der Waals surface area contributed by atoms with Gasteiger partial charge in [-0.1, -0.05) is 70.8 Å². The van der Waals surface area contributed by atoms with Gasteiger partial charge in [0.1, 0.15) is 0 Å². The average molecular weight is 285 g/mol. The lowest BCUT2D eigenvalue weighted by Crippen LogP contribution is -1.71. The second-order valence-electron chi connectivity index (χ2n) is 4.32. The second-order valence-corrected chi connectivity index (χ2v) is 4.32. The Morgan fingerprint density at radius 3 is 0.833 bits per heavy atom. The van der Waals surface area contributed by atoms with E-state index in [1.54, 1.807) is 0 Å². The molecule has 0 bridgehead atoms. The van der Waals surface area contributed by atoms with Crippen LogP contribution in [-0.4, -0.2) is 0 Å². The molecule has 0 amide bonds. The average Bonchev–Trinajstić information content (AvgIpc) is 2.17. The highest BCUT2D eigenvalue weighted by Crippen LogP contribution is 2.00. The second kappa shape index (κ2) is 9.99. The van der Waals surface area contributed by atoms with E-state index in [9.17, 15) is 0 Å². The molecule has 0 aliphatic carbocycles. The Morgan fingerprint density at radius 2 is 0.722 bits per heavy atom. The van der Waals surface area contributed by atoms with Crippen molar-refractivity contribution in [3.8, 4) is 0 Å². The van der Waals surface area contributed by atoms with Crippen LogP contribution in [-0.2, 0) is 0 Å². The topological polar surface area (TPSA) is 0 Å². The molecule has 18 heavy (non-hydrogen) atoms. The van der Waals surface area contributed by atoms with Gasteiger partial charge in [0, 0.05) is 0 Å². The summed E-state index contributed by atoms with van der Waals surface area (Å²) in [5.74, 6) is 0. The van der Waals surface area contributed by atoms with Gasteiger partial charge in [-0.2, -0.15) is 0 Å². The highest BCUT2D eigenvalue weighted by molar-refractivity contribution is 5.85. The summed E-state index contributed by atoms with van der Waals surface area (Å²) in [4.78, 5) is 0. The molecule has 0 aliphatic heterocycles. The first kappa shape index (κ1) is 19.4. The largest absolute Gasteiger partial charge is 0.147 e. The Bertz CT molecular complexity index is 372.